The predicted octanol–water partition coefficient (Wildman–Crippen LogP) is 5.41. The van der Waals surface area contributed by atoms with Crippen LogP contribution in [0.1, 0.15) is 74.8 Å². The lowest BCUT2D eigenvalue weighted by atomic mass is 9.66. The molecule has 0 aromatic heterocycles. The lowest BCUT2D eigenvalue weighted by molar-refractivity contribution is -0.115. The molecular formula is C30H41NO7. The Labute approximate surface area is 225 Å². The molecule has 208 valence electrons. The van der Waals surface area contributed by atoms with Gasteiger partial charge in [-0.05, 0) is 64.3 Å². The summed E-state index contributed by atoms with van der Waals surface area (Å²) < 4.78 is 28.8. The summed E-state index contributed by atoms with van der Waals surface area (Å²) in [7, 11) is 3.23. The van der Waals surface area contributed by atoms with E-state index in [2.05, 4.69) is 0 Å². The van der Waals surface area contributed by atoms with E-state index >= 15 is 0 Å². The summed E-state index contributed by atoms with van der Waals surface area (Å²) in [6.07, 6.45) is 4.10. The first-order valence-electron chi connectivity index (χ1n) is 13.7. The monoisotopic (exact) mass is 527 g/mol. The molecule has 4 rings (SSSR count). The van der Waals surface area contributed by atoms with E-state index in [-0.39, 0.29) is 17.9 Å². The molecule has 1 amide bonds. The minimum atomic E-state index is -0.823. The Kier molecular flexibility index (Phi) is 8.92. The molecule has 2 aliphatic rings. The van der Waals surface area contributed by atoms with Crippen LogP contribution in [0, 0.1) is 5.92 Å². The number of carbonyl (C=O) groups is 1. The molecule has 8 nitrogen and oxygen atoms in total. The highest BCUT2D eigenvalue weighted by Gasteiger charge is 2.51. The highest BCUT2D eigenvalue weighted by molar-refractivity contribution is 5.96. The van der Waals surface area contributed by atoms with Gasteiger partial charge in [-0.1, -0.05) is 12.8 Å². The average Bonchev–Trinajstić information content (AvgIpc) is 2.93. The van der Waals surface area contributed by atoms with E-state index in [1.54, 1.807) is 26.4 Å². The van der Waals surface area contributed by atoms with Crippen molar-refractivity contribution >= 4 is 5.91 Å². The molecule has 0 spiro atoms. The molecule has 1 saturated heterocycles. The Morgan fingerprint density at radius 3 is 2.21 bits per heavy atom. The molecule has 0 bridgehead atoms. The predicted molar refractivity (Wildman–Crippen MR) is 145 cm³/mol. The van der Waals surface area contributed by atoms with Gasteiger partial charge in [-0.2, -0.15) is 0 Å². The summed E-state index contributed by atoms with van der Waals surface area (Å²) in [4.78, 5) is 16.2. The molecule has 38 heavy (non-hydrogen) atoms. The third kappa shape index (κ3) is 5.37. The summed E-state index contributed by atoms with van der Waals surface area (Å²) in [5, 5.41) is 11.7. The smallest absolute Gasteiger partial charge is 0.254 e. The minimum Gasteiger partial charge on any atom is -0.497 e. The number of hydrogen-bond acceptors (Lipinski definition) is 7. The Morgan fingerprint density at radius 1 is 0.921 bits per heavy atom. The molecule has 1 aliphatic heterocycles. The number of fused-ring (bicyclic) bond motifs is 1. The fourth-order valence-corrected chi connectivity index (χ4v) is 6.04. The molecule has 8 heteroatoms. The van der Waals surface area contributed by atoms with E-state index in [0.29, 0.717) is 67.1 Å². The second-order valence-electron chi connectivity index (χ2n) is 9.86. The van der Waals surface area contributed by atoms with Gasteiger partial charge in [0.2, 0.25) is 5.75 Å². The molecule has 3 atom stereocenters. The number of likely N-dealkylation sites (tertiary alicyclic amines) is 1. The van der Waals surface area contributed by atoms with Gasteiger partial charge in [-0.3, -0.25) is 4.79 Å². The van der Waals surface area contributed by atoms with Crippen LogP contribution in [0.3, 0.4) is 0 Å². The van der Waals surface area contributed by atoms with Gasteiger partial charge in [0.1, 0.15) is 11.5 Å². The van der Waals surface area contributed by atoms with E-state index < -0.39 is 5.60 Å². The molecule has 2 aromatic carbocycles. The number of aliphatic hydroxyl groups is 1. The van der Waals surface area contributed by atoms with Gasteiger partial charge in [0, 0.05) is 29.7 Å². The molecule has 2 aromatic rings. The maximum absolute atomic E-state index is 14.3. The highest BCUT2D eigenvalue weighted by atomic mass is 16.5. The summed E-state index contributed by atoms with van der Waals surface area (Å²) in [5.74, 6) is 2.51. The third-order valence-electron chi connectivity index (χ3n) is 7.74. The van der Waals surface area contributed by atoms with Gasteiger partial charge in [-0.15, -0.1) is 0 Å². The first kappa shape index (κ1) is 27.9. The second kappa shape index (κ2) is 12.2. The SMILES string of the molecule is CCOc1cc(C(=O)N2CC[C@@]3(O)CCCC[C@H]3[C@@H]2c2ccc(OC)cc2OC)cc(OCC)c1OCC. The quantitative estimate of drug-likeness (QED) is 0.442. The highest BCUT2D eigenvalue weighted by Crippen LogP contribution is 2.52. The van der Waals surface area contributed by atoms with Crippen LogP contribution in [-0.2, 0) is 0 Å². The number of piperidine rings is 1. The van der Waals surface area contributed by atoms with Gasteiger partial charge in [0.25, 0.3) is 5.91 Å². The van der Waals surface area contributed by atoms with Gasteiger partial charge < -0.3 is 33.7 Å². The topological polar surface area (TPSA) is 86.7 Å². The lowest BCUT2D eigenvalue weighted by Crippen LogP contribution is -2.56. The molecule has 1 N–H and O–H groups in total. The van der Waals surface area contributed by atoms with Crippen LogP contribution in [0.5, 0.6) is 28.7 Å². The van der Waals surface area contributed by atoms with Crippen molar-refractivity contribution in [1.29, 1.82) is 0 Å². The fourth-order valence-electron chi connectivity index (χ4n) is 6.04. The molecule has 1 aliphatic carbocycles. The van der Waals surface area contributed by atoms with E-state index in [9.17, 15) is 9.90 Å². The van der Waals surface area contributed by atoms with Gasteiger partial charge in [0.05, 0.1) is 45.7 Å². The molecular weight excluding hydrogens is 486 g/mol. The first-order valence-corrected chi connectivity index (χ1v) is 13.7. The van der Waals surface area contributed by atoms with Crippen LogP contribution in [-0.4, -0.2) is 62.1 Å². The van der Waals surface area contributed by atoms with Crippen molar-refractivity contribution in [2.45, 2.75) is 64.5 Å². The summed E-state index contributed by atoms with van der Waals surface area (Å²) in [6, 6.07) is 8.80. The molecule has 1 heterocycles. The van der Waals surface area contributed by atoms with E-state index in [1.807, 2.05) is 43.9 Å². The summed E-state index contributed by atoms with van der Waals surface area (Å²) >= 11 is 0. The Hall–Kier alpha value is -3.13. The van der Waals surface area contributed by atoms with Crippen molar-refractivity contribution in [1.82, 2.24) is 4.90 Å². The normalized spacial score (nSPS) is 22.8. The van der Waals surface area contributed by atoms with Crippen LogP contribution < -0.4 is 23.7 Å². The Bertz CT molecular complexity index is 1090. The molecule has 0 radical (unpaired) electrons. The Morgan fingerprint density at radius 2 is 1.61 bits per heavy atom. The van der Waals surface area contributed by atoms with Crippen molar-refractivity contribution < 1.29 is 33.6 Å². The van der Waals surface area contributed by atoms with E-state index in [1.165, 1.54) is 0 Å². The second-order valence-corrected chi connectivity index (χ2v) is 9.86. The van der Waals surface area contributed by atoms with E-state index in [4.69, 9.17) is 23.7 Å². The number of carbonyl (C=O) groups excluding carboxylic acids is 1. The minimum absolute atomic E-state index is 0.114. The molecule has 2 fully saturated rings. The zero-order chi connectivity index (χ0) is 27.3. The first-order chi connectivity index (χ1) is 18.4. The molecule has 0 unspecified atom stereocenters. The molecule has 1 saturated carbocycles. The van der Waals surface area contributed by atoms with Crippen molar-refractivity contribution in [3.8, 4) is 28.7 Å². The van der Waals surface area contributed by atoms with Gasteiger partial charge in [-0.25, -0.2) is 0 Å². The number of ether oxygens (including phenoxy) is 5. The van der Waals surface area contributed by atoms with E-state index in [0.717, 1.165) is 31.2 Å². The van der Waals surface area contributed by atoms with Crippen LogP contribution in [0.4, 0.5) is 0 Å². The largest absolute Gasteiger partial charge is 0.497 e. The third-order valence-corrected chi connectivity index (χ3v) is 7.74. The van der Waals surface area contributed by atoms with Gasteiger partial charge >= 0.3 is 0 Å². The van der Waals surface area contributed by atoms with Crippen molar-refractivity contribution in [2.24, 2.45) is 5.92 Å². The van der Waals surface area contributed by atoms with Crippen LogP contribution >= 0.6 is 0 Å². The number of hydrogen-bond donors (Lipinski definition) is 1. The van der Waals surface area contributed by atoms with Gasteiger partial charge in [0.15, 0.2) is 11.5 Å². The van der Waals surface area contributed by atoms with Crippen LogP contribution in [0.25, 0.3) is 0 Å². The standard InChI is InChI=1S/C30H41NO7/c1-6-36-25-17-20(18-26(37-7-2)28(25)38-8-3)29(32)31-16-15-30(33)14-10-9-11-23(30)27(31)22-13-12-21(34-4)19-24(22)35-5/h12-13,17-19,23,27,33H,6-11,14-16H2,1-5H3/t23-,27-,30-/m0/s1. The van der Waals surface area contributed by atoms with Crippen LogP contribution in [0.15, 0.2) is 30.3 Å². The van der Waals surface area contributed by atoms with Crippen molar-refractivity contribution in [2.75, 3.05) is 40.6 Å². The maximum Gasteiger partial charge on any atom is 0.254 e. The zero-order valence-electron chi connectivity index (χ0n) is 23.2. The van der Waals surface area contributed by atoms with Crippen molar-refractivity contribution in [3.05, 3.63) is 41.5 Å². The number of amides is 1. The van der Waals surface area contributed by atoms with Crippen molar-refractivity contribution in [3.63, 3.8) is 0 Å². The number of nitrogens with zero attached hydrogens (tertiary/aromatic N) is 1. The Balaban J connectivity index is 1.82. The fraction of sp³-hybridized carbons (Fsp3) is 0.567. The number of methoxy groups -OCH3 is 2. The summed E-state index contributed by atoms with van der Waals surface area (Å²) in [5.41, 5.74) is 0.503. The average molecular weight is 528 g/mol. The number of rotatable bonds is 10. The lowest BCUT2D eigenvalue weighted by Gasteiger charge is -2.52. The maximum atomic E-state index is 14.3. The number of benzene rings is 2. The zero-order valence-corrected chi connectivity index (χ0v) is 23.2. The van der Waals surface area contributed by atoms with Crippen LogP contribution in [0.2, 0.25) is 0 Å². The summed E-state index contributed by atoms with van der Waals surface area (Å²) in [6.45, 7) is 7.40.